The minimum atomic E-state index is -0.230. The summed E-state index contributed by atoms with van der Waals surface area (Å²) in [7, 11) is 1.65. The number of methoxy groups -OCH3 is 1. The van der Waals surface area contributed by atoms with E-state index in [2.05, 4.69) is 0 Å². The van der Waals surface area contributed by atoms with Crippen molar-refractivity contribution in [3.8, 4) is 11.5 Å². The van der Waals surface area contributed by atoms with Crippen LogP contribution in [0.15, 0.2) is 48.5 Å². The van der Waals surface area contributed by atoms with Gasteiger partial charge in [0.25, 0.3) is 0 Å². The number of halogens is 1. The first-order valence-corrected chi connectivity index (χ1v) is 7.33. The predicted molar refractivity (Wildman–Crippen MR) is 86.1 cm³/mol. The highest BCUT2D eigenvalue weighted by molar-refractivity contribution is 6.30. The molecule has 112 valence electrons. The van der Waals surface area contributed by atoms with Gasteiger partial charge in [0, 0.05) is 11.1 Å². The Labute approximate surface area is 130 Å². The van der Waals surface area contributed by atoms with Crippen molar-refractivity contribution >= 4 is 11.6 Å². The molecule has 0 aliphatic carbocycles. The topological polar surface area (TPSA) is 44.5 Å². The first kappa shape index (κ1) is 15.7. The normalized spacial score (nSPS) is 13.5. The molecular formula is C17H20ClNO2. The predicted octanol–water partition coefficient (Wildman–Crippen LogP) is 4.21. The molecule has 2 rings (SSSR count). The van der Waals surface area contributed by atoms with Crippen LogP contribution in [0.3, 0.4) is 0 Å². The van der Waals surface area contributed by atoms with E-state index in [0.29, 0.717) is 5.02 Å². The maximum atomic E-state index is 6.23. The van der Waals surface area contributed by atoms with Crippen molar-refractivity contribution < 1.29 is 9.47 Å². The van der Waals surface area contributed by atoms with Crippen LogP contribution in [0.2, 0.25) is 5.02 Å². The van der Waals surface area contributed by atoms with Gasteiger partial charge in [-0.25, -0.2) is 0 Å². The van der Waals surface area contributed by atoms with Gasteiger partial charge in [0.05, 0.1) is 7.11 Å². The zero-order chi connectivity index (χ0) is 15.2. The van der Waals surface area contributed by atoms with Gasteiger partial charge >= 0.3 is 0 Å². The van der Waals surface area contributed by atoms with E-state index in [1.165, 1.54) is 0 Å². The van der Waals surface area contributed by atoms with Crippen LogP contribution >= 0.6 is 11.6 Å². The second-order valence-corrected chi connectivity index (χ2v) is 5.28. The van der Waals surface area contributed by atoms with Gasteiger partial charge in [-0.3, -0.25) is 0 Å². The van der Waals surface area contributed by atoms with Crippen molar-refractivity contribution in [1.29, 1.82) is 0 Å². The molecular weight excluding hydrogens is 286 g/mol. The third-order valence-corrected chi connectivity index (χ3v) is 3.61. The molecule has 3 nitrogen and oxygen atoms in total. The summed E-state index contributed by atoms with van der Waals surface area (Å²) in [6, 6.07) is 15.0. The fourth-order valence-corrected chi connectivity index (χ4v) is 2.22. The summed E-state index contributed by atoms with van der Waals surface area (Å²) in [5, 5.41) is 0.681. The van der Waals surface area contributed by atoms with Crippen LogP contribution < -0.4 is 15.2 Å². The molecule has 2 N–H and O–H groups in total. The maximum absolute atomic E-state index is 6.23. The number of hydrogen-bond donors (Lipinski definition) is 1. The summed E-state index contributed by atoms with van der Waals surface area (Å²) in [4.78, 5) is 0. The summed E-state index contributed by atoms with van der Waals surface area (Å²) < 4.78 is 11.3. The molecule has 0 fully saturated rings. The van der Waals surface area contributed by atoms with Gasteiger partial charge in [-0.05, 0) is 48.4 Å². The molecule has 0 aliphatic heterocycles. The fraction of sp³-hybridized carbons (Fsp3) is 0.294. The van der Waals surface area contributed by atoms with Crippen molar-refractivity contribution in [1.82, 2.24) is 0 Å². The van der Waals surface area contributed by atoms with Crippen LogP contribution in [-0.4, -0.2) is 13.2 Å². The van der Waals surface area contributed by atoms with Gasteiger partial charge in [0.2, 0.25) is 0 Å². The van der Waals surface area contributed by atoms with Gasteiger partial charge in [0.15, 0.2) is 0 Å². The Hall–Kier alpha value is -1.71. The SMILES string of the molecule is CCC(N)C(Oc1ccc(Cl)cc1)c1cccc(OC)c1. The minimum absolute atomic E-state index is 0.104. The number of benzene rings is 2. The number of hydrogen-bond acceptors (Lipinski definition) is 3. The Balaban J connectivity index is 2.27. The second kappa shape index (κ2) is 7.34. The zero-order valence-electron chi connectivity index (χ0n) is 12.3. The van der Waals surface area contributed by atoms with E-state index in [9.17, 15) is 0 Å². The molecule has 0 bridgehead atoms. The van der Waals surface area contributed by atoms with E-state index in [1.807, 2.05) is 43.3 Å². The zero-order valence-corrected chi connectivity index (χ0v) is 13.0. The lowest BCUT2D eigenvalue weighted by Crippen LogP contribution is -2.31. The molecule has 0 aliphatic rings. The second-order valence-electron chi connectivity index (χ2n) is 4.84. The lowest BCUT2D eigenvalue weighted by Gasteiger charge is -2.25. The van der Waals surface area contributed by atoms with E-state index in [4.69, 9.17) is 26.8 Å². The molecule has 0 heterocycles. The molecule has 2 unspecified atom stereocenters. The van der Waals surface area contributed by atoms with Crippen LogP contribution in [0.4, 0.5) is 0 Å². The monoisotopic (exact) mass is 305 g/mol. The van der Waals surface area contributed by atoms with Gasteiger partial charge < -0.3 is 15.2 Å². The van der Waals surface area contributed by atoms with Crippen LogP contribution in [0.1, 0.15) is 25.0 Å². The first-order chi connectivity index (χ1) is 10.1. The van der Waals surface area contributed by atoms with E-state index < -0.39 is 0 Å². The van der Waals surface area contributed by atoms with Crippen LogP contribution in [0.5, 0.6) is 11.5 Å². The highest BCUT2D eigenvalue weighted by Gasteiger charge is 2.21. The number of nitrogens with two attached hydrogens (primary N) is 1. The molecule has 2 atom stereocenters. The molecule has 0 spiro atoms. The van der Waals surface area contributed by atoms with Gasteiger partial charge in [0.1, 0.15) is 17.6 Å². The van der Waals surface area contributed by atoms with Crippen molar-refractivity contribution in [2.24, 2.45) is 5.73 Å². The molecule has 0 saturated heterocycles. The largest absolute Gasteiger partial charge is 0.497 e. The van der Waals surface area contributed by atoms with Gasteiger partial charge in [-0.1, -0.05) is 30.7 Å². The van der Waals surface area contributed by atoms with Crippen molar-refractivity contribution in [3.05, 3.63) is 59.1 Å². The van der Waals surface area contributed by atoms with Crippen LogP contribution in [0, 0.1) is 0 Å². The Morgan fingerprint density at radius 1 is 1.10 bits per heavy atom. The van der Waals surface area contributed by atoms with Crippen molar-refractivity contribution in [2.45, 2.75) is 25.5 Å². The van der Waals surface area contributed by atoms with Crippen LogP contribution in [-0.2, 0) is 0 Å². The highest BCUT2D eigenvalue weighted by Crippen LogP contribution is 2.28. The lowest BCUT2D eigenvalue weighted by atomic mass is 10.0. The average Bonchev–Trinajstić information content (AvgIpc) is 2.53. The summed E-state index contributed by atoms with van der Waals surface area (Å²) in [6.45, 7) is 2.04. The van der Waals surface area contributed by atoms with E-state index in [-0.39, 0.29) is 12.1 Å². The first-order valence-electron chi connectivity index (χ1n) is 6.95. The average molecular weight is 306 g/mol. The minimum Gasteiger partial charge on any atom is -0.497 e. The molecule has 21 heavy (non-hydrogen) atoms. The van der Waals surface area contributed by atoms with Gasteiger partial charge in [-0.15, -0.1) is 0 Å². The van der Waals surface area contributed by atoms with E-state index >= 15 is 0 Å². The molecule has 4 heteroatoms. The Morgan fingerprint density at radius 2 is 1.81 bits per heavy atom. The summed E-state index contributed by atoms with van der Waals surface area (Å²) in [5.74, 6) is 1.54. The third-order valence-electron chi connectivity index (χ3n) is 3.36. The highest BCUT2D eigenvalue weighted by atomic mass is 35.5. The summed E-state index contributed by atoms with van der Waals surface area (Å²) in [6.07, 6.45) is 0.585. The maximum Gasteiger partial charge on any atom is 0.139 e. The van der Waals surface area contributed by atoms with Crippen LogP contribution in [0.25, 0.3) is 0 Å². The third kappa shape index (κ3) is 4.13. The molecule has 0 saturated carbocycles. The molecule has 0 amide bonds. The quantitative estimate of drug-likeness (QED) is 0.869. The van der Waals surface area contributed by atoms with Gasteiger partial charge in [-0.2, -0.15) is 0 Å². The molecule has 0 aromatic heterocycles. The number of rotatable bonds is 6. The summed E-state index contributed by atoms with van der Waals surface area (Å²) in [5.41, 5.74) is 7.23. The lowest BCUT2D eigenvalue weighted by molar-refractivity contribution is 0.170. The molecule has 2 aromatic carbocycles. The Bertz CT molecular complexity index is 571. The Kier molecular flexibility index (Phi) is 5.48. The number of ether oxygens (including phenoxy) is 2. The van der Waals surface area contributed by atoms with E-state index in [1.54, 1.807) is 19.2 Å². The summed E-state index contributed by atoms with van der Waals surface area (Å²) >= 11 is 5.90. The fourth-order valence-electron chi connectivity index (χ4n) is 2.09. The van der Waals surface area contributed by atoms with Crippen molar-refractivity contribution in [3.63, 3.8) is 0 Å². The smallest absolute Gasteiger partial charge is 0.139 e. The molecule has 0 radical (unpaired) electrons. The van der Waals surface area contributed by atoms with Crippen molar-refractivity contribution in [2.75, 3.05) is 7.11 Å². The molecule has 2 aromatic rings. The standard InChI is InChI=1S/C17H20ClNO2/c1-3-16(19)17(12-5-4-6-15(11-12)20-2)21-14-9-7-13(18)8-10-14/h4-11,16-17H,3,19H2,1-2H3. The Morgan fingerprint density at radius 3 is 2.43 bits per heavy atom. The van der Waals surface area contributed by atoms with E-state index in [0.717, 1.165) is 23.5 Å².